The van der Waals surface area contributed by atoms with Crippen molar-refractivity contribution in [3.8, 4) is 0 Å². The molecule has 4 unspecified atom stereocenters. The summed E-state index contributed by atoms with van der Waals surface area (Å²) < 4.78 is 115. The fourth-order valence-corrected chi connectivity index (χ4v) is 12.1. The fraction of sp³-hybridized carbons (Fsp3) is 0.778. The van der Waals surface area contributed by atoms with Gasteiger partial charge in [-0.25, -0.2) is 16.8 Å². The van der Waals surface area contributed by atoms with Crippen LogP contribution in [0.15, 0.2) is 25.3 Å². The van der Waals surface area contributed by atoms with Crippen molar-refractivity contribution in [1.82, 2.24) is 9.80 Å². The minimum Gasteiger partial charge on any atom is -0.790 e. The van der Waals surface area contributed by atoms with Crippen LogP contribution in [0.2, 0.25) is 0 Å². The van der Waals surface area contributed by atoms with E-state index in [1.165, 1.54) is 23.6 Å². The Morgan fingerprint density at radius 1 is 0.652 bits per heavy atom. The smallest absolute Gasteiger partial charge is 0.245 e. The maximum atomic E-state index is 13.0. The minimum atomic E-state index is -5.75. The van der Waals surface area contributed by atoms with Crippen LogP contribution in [0.1, 0.15) is 107 Å². The Balaban J connectivity index is -0.00000103. The van der Waals surface area contributed by atoms with Crippen LogP contribution in [0.5, 0.6) is 0 Å². The van der Waals surface area contributed by atoms with Crippen molar-refractivity contribution >= 4 is 74.5 Å². The molecule has 0 radical (unpaired) electrons. The third-order valence-corrected chi connectivity index (χ3v) is 16.1. The van der Waals surface area contributed by atoms with E-state index in [1.54, 1.807) is 27.7 Å². The van der Waals surface area contributed by atoms with Gasteiger partial charge in [-0.05, 0) is 48.7 Å². The zero-order valence-corrected chi connectivity index (χ0v) is 43.7. The molecule has 0 aliphatic rings. The van der Waals surface area contributed by atoms with Crippen LogP contribution in [0.3, 0.4) is 0 Å². The van der Waals surface area contributed by atoms with E-state index < -0.39 is 109 Å². The lowest BCUT2D eigenvalue weighted by Crippen LogP contribution is -2.40. The maximum Gasteiger partial charge on any atom is 0.245 e. The van der Waals surface area contributed by atoms with E-state index in [9.17, 15) is 92.7 Å². The van der Waals surface area contributed by atoms with Crippen LogP contribution in [-0.4, -0.2) is 109 Å². The zero-order chi connectivity index (χ0) is 52.8. The highest BCUT2D eigenvalue weighted by Crippen LogP contribution is 2.50. The van der Waals surface area contributed by atoms with Crippen molar-refractivity contribution in [2.45, 2.75) is 107 Å². The highest BCUT2D eigenvalue weighted by molar-refractivity contribution is 7.86. The number of hydrogen-bond donors (Lipinski definition) is 0. The Labute approximate surface area is 389 Å². The molecule has 0 aromatic heterocycles. The normalized spacial score (nSPS) is 15.2. The lowest BCUT2D eigenvalue weighted by atomic mass is 9.81. The van der Waals surface area contributed by atoms with Gasteiger partial charge in [0, 0.05) is 74.7 Å². The second-order valence-corrected chi connectivity index (χ2v) is 26.0. The number of nitrogens with zero attached hydrogens (tertiary/aromatic N) is 2. The molecule has 24 nitrogen and oxygen atoms in total. The van der Waals surface area contributed by atoms with Crippen molar-refractivity contribution in [1.29, 1.82) is 0 Å². The number of hydrogen-bond acceptors (Lipinski definition) is 22. The highest BCUT2D eigenvalue weighted by Gasteiger charge is 2.31. The van der Waals surface area contributed by atoms with Gasteiger partial charge in [-0.15, -0.1) is 0 Å². The summed E-state index contributed by atoms with van der Waals surface area (Å²) in [5.74, 6) is -3.97. The number of allylic oxidation sites excluding steroid dienone is 1. The van der Waals surface area contributed by atoms with Gasteiger partial charge in [0.05, 0.1) is 35.9 Å². The number of rotatable bonds is 31. The molecule has 0 bridgehead atoms. The van der Waals surface area contributed by atoms with E-state index in [1.807, 2.05) is 13.8 Å². The molecule has 0 spiro atoms. The molecule has 30 heteroatoms. The molecular weight excluding hydrogens is 1000 g/mol. The predicted molar refractivity (Wildman–Crippen MR) is 229 cm³/mol. The van der Waals surface area contributed by atoms with E-state index in [0.29, 0.717) is 32.2 Å². The van der Waals surface area contributed by atoms with Gasteiger partial charge in [0.15, 0.2) is 5.78 Å². The molecule has 0 N–H and O–H groups in total. The van der Waals surface area contributed by atoms with Gasteiger partial charge < -0.3 is 75.1 Å². The van der Waals surface area contributed by atoms with Crippen LogP contribution >= 0.6 is 30.8 Å². The van der Waals surface area contributed by atoms with E-state index in [0.717, 1.165) is 18.6 Å². The Kier molecular flexibility index (Phi) is 31.1. The van der Waals surface area contributed by atoms with E-state index in [-0.39, 0.29) is 50.5 Å². The molecule has 0 aliphatic carbocycles. The molecule has 0 aromatic carbocycles. The first kappa shape index (κ1) is 68.4. The Morgan fingerprint density at radius 3 is 1.36 bits per heavy atom. The average molecular weight is 1060 g/mol. The van der Waals surface area contributed by atoms with Gasteiger partial charge in [-0.2, -0.15) is 0 Å². The number of unbranched alkanes of at least 4 members (excludes halogenated alkanes) is 2. The van der Waals surface area contributed by atoms with E-state index >= 15 is 0 Å². The van der Waals surface area contributed by atoms with Crippen molar-refractivity contribution in [2.24, 2.45) is 22.7 Å². The van der Waals surface area contributed by atoms with Crippen LogP contribution in [0.4, 0.5) is 0 Å². The maximum absolute atomic E-state index is 13.0. The monoisotopic (exact) mass is 1060 g/mol. The Morgan fingerprint density at radius 2 is 1.03 bits per heavy atom. The largest absolute Gasteiger partial charge is 0.790 e. The number of phosphoric acid groups is 2. The molecule has 0 saturated carbocycles. The molecule has 0 saturated heterocycles. The lowest BCUT2D eigenvalue weighted by Gasteiger charge is -2.37. The first-order chi connectivity index (χ1) is 29.5. The first-order valence-corrected chi connectivity index (χ1v) is 29.8. The molecule has 0 aromatic rings. The van der Waals surface area contributed by atoms with Crippen molar-refractivity contribution in [3.05, 3.63) is 25.3 Å². The first-order valence-electron chi connectivity index (χ1n) is 20.3. The molecule has 390 valence electrons. The number of carbonyl (C=O) groups is 4. The average Bonchev–Trinajstić information content (AvgIpc) is 3.09. The number of Topliss-reactive ketones (excluding diaryl/α,β-unsaturated/α-hetero) is 1. The van der Waals surface area contributed by atoms with Gasteiger partial charge >= 0.3 is 0 Å². The van der Waals surface area contributed by atoms with Gasteiger partial charge in [0.2, 0.25) is 11.8 Å². The zero-order valence-electron chi connectivity index (χ0n) is 38.5. The predicted octanol–water partition coefficient (Wildman–Crippen LogP) is 0.500. The summed E-state index contributed by atoms with van der Waals surface area (Å²) in [5.41, 5.74) is -1.88. The highest BCUT2D eigenvalue weighted by atomic mass is 32.2. The molecule has 4 atom stereocenters. The molecule has 0 heterocycles. The molecule has 0 fully saturated rings. The number of amides is 2. The minimum absolute atomic E-state index is 0.0258. The Hall–Kier alpha value is -1.82. The molecule has 2 amide bonds. The van der Waals surface area contributed by atoms with Crippen LogP contribution < -0.4 is 29.4 Å². The topological polar surface area (TPSA) is 414 Å². The van der Waals surface area contributed by atoms with Crippen LogP contribution in [0, 0.1) is 22.7 Å². The summed E-state index contributed by atoms with van der Waals surface area (Å²) in [4.78, 5) is 115. The summed E-state index contributed by atoms with van der Waals surface area (Å²) in [7, 11) is -30.0. The van der Waals surface area contributed by atoms with Crippen molar-refractivity contribution < 1.29 is 101 Å². The molecule has 0 rings (SSSR count). The lowest BCUT2D eigenvalue weighted by molar-refractivity contribution is -0.340. The summed E-state index contributed by atoms with van der Waals surface area (Å²) in [6, 6.07) is 0. The third kappa shape index (κ3) is 38.1. The van der Waals surface area contributed by atoms with E-state index in [2.05, 4.69) is 21.8 Å². The Bertz CT molecular complexity index is 2020. The van der Waals surface area contributed by atoms with Crippen LogP contribution in [-0.2, 0) is 66.3 Å². The van der Waals surface area contributed by atoms with Crippen LogP contribution in [0.25, 0.3) is 0 Å². The molecule has 66 heavy (non-hydrogen) atoms. The van der Waals surface area contributed by atoms with E-state index in [4.69, 9.17) is 0 Å². The standard InChI is InChI=1S/C19H39NO11P2S.C9H19NO7P2.C8H14O4S/c1-6-8-9-20(10-11-32(23,24)31-33(25,26)27)18(22)15(3)12-16(7-2)17(21)13-19(4,5)14-34(28,29)30;1-3-5-6-10(9(11)4-2)7-8-18(12,13)17-19(14,15)16;1-4-7(9)5-8(2,3)6-13(10,11)12/h15-16H,6-14H2,1-5H3,(H,23,24)(H2,25,26,27)(H,28,29,30);4H,2-3,5-8H2,1H3,(H,12,13)(H2,14,15,16);4H,1,5-6H2,2-3H3,(H,10,11,12)/p-8. The van der Waals surface area contributed by atoms with Gasteiger partial charge in [0.1, 0.15) is 21.0 Å². The summed E-state index contributed by atoms with van der Waals surface area (Å²) in [6.45, 7) is 19.6. The molecular formula is C36H64N2O22P4S2-8. The fourth-order valence-electron chi connectivity index (χ4n) is 5.95. The summed E-state index contributed by atoms with van der Waals surface area (Å²) >= 11 is 0. The second kappa shape index (κ2) is 30.0. The summed E-state index contributed by atoms with van der Waals surface area (Å²) in [5, 5.41) is 0. The van der Waals surface area contributed by atoms with Gasteiger partial charge in [0.25, 0.3) is 0 Å². The SMILES string of the molecule is C=CC(=O)CC(C)(C)CS(=O)(=O)[O-].C=CC(=O)N(CCCC)CCP(=O)([O-])OP(=O)([O-])[O-].CCCCN(CCP(=O)([O-])OP(=O)([O-])[O-])C(=O)C(C)CC(CC)C(=O)CC(C)(C)CS(=O)(=O)[O-]. The van der Waals surface area contributed by atoms with Gasteiger partial charge in [-0.3, -0.25) is 19.2 Å². The summed E-state index contributed by atoms with van der Waals surface area (Å²) in [6.07, 6.45) is 3.59. The number of carbonyl (C=O) groups excluding carboxylic acids is 4. The van der Waals surface area contributed by atoms with Crippen molar-refractivity contribution in [2.75, 3.05) is 50.0 Å². The number of ketones is 2. The van der Waals surface area contributed by atoms with Crippen molar-refractivity contribution in [3.63, 3.8) is 0 Å². The second-order valence-electron chi connectivity index (χ2n) is 16.8. The quantitative estimate of drug-likeness (QED) is 0.0518. The third-order valence-electron chi connectivity index (χ3n) is 8.77. The van der Waals surface area contributed by atoms with Gasteiger partial charge in [-0.1, -0.05) is 81.4 Å². The molecule has 0 aliphatic heterocycles.